The fourth-order valence-electron chi connectivity index (χ4n) is 1.71. The Kier molecular flexibility index (Phi) is 3.20. The van der Waals surface area contributed by atoms with Crippen LogP contribution in [0.25, 0.3) is 11.1 Å². The van der Waals surface area contributed by atoms with E-state index in [2.05, 4.69) is 28.1 Å². The lowest BCUT2D eigenvalue weighted by molar-refractivity contribution is 0.112. The van der Waals surface area contributed by atoms with E-state index in [0.29, 0.717) is 0 Å². The summed E-state index contributed by atoms with van der Waals surface area (Å²) in [6.45, 7) is 2.02. The molecule has 2 aromatic rings. The minimum atomic E-state index is 0.721. The van der Waals surface area contributed by atoms with Gasteiger partial charge in [-0.1, -0.05) is 40.2 Å². The van der Waals surface area contributed by atoms with Crippen LogP contribution < -0.4 is 0 Å². The summed E-state index contributed by atoms with van der Waals surface area (Å²) in [5.74, 6) is 0. The molecule has 0 aromatic heterocycles. The van der Waals surface area contributed by atoms with Crippen molar-refractivity contribution in [2.75, 3.05) is 0 Å². The quantitative estimate of drug-likeness (QED) is 0.749. The molecular weight excluding hydrogens is 264 g/mol. The maximum atomic E-state index is 10.6. The number of carbonyl (C=O) groups excluding carboxylic acids is 1. The fourth-order valence-corrected chi connectivity index (χ4v) is 1.98. The first-order valence-electron chi connectivity index (χ1n) is 5.02. The molecule has 0 atom stereocenters. The van der Waals surface area contributed by atoms with Gasteiger partial charge in [-0.2, -0.15) is 0 Å². The highest BCUT2D eigenvalue weighted by Gasteiger charge is 2.02. The highest BCUT2D eigenvalue weighted by Crippen LogP contribution is 2.25. The Morgan fingerprint density at radius 1 is 1.06 bits per heavy atom. The minimum absolute atomic E-state index is 0.721. The van der Waals surface area contributed by atoms with Gasteiger partial charge >= 0.3 is 0 Å². The molecule has 0 heterocycles. The SMILES string of the molecule is Cc1cc(C=O)ccc1-c1ccc(Br)cc1. The first kappa shape index (κ1) is 11.1. The number of aldehydes is 1. The Morgan fingerprint density at radius 2 is 1.75 bits per heavy atom. The van der Waals surface area contributed by atoms with Gasteiger partial charge in [-0.3, -0.25) is 4.79 Å². The summed E-state index contributed by atoms with van der Waals surface area (Å²) in [5, 5.41) is 0. The summed E-state index contributed by atoms with van der Waals surface area (Å²) in [7, 11) is 0. The Balaban J connectivity index is 2.48. The van der Waals surface area contributed by atoms with Gasteiger partial charge in [0.05, 0.1) is 0 Å². The predicted octanol–water partition coefficient (Wildman–Crippen LogP) is 4.24. The van der Waals surface area contributed by atoms with Gasteiger partial charge in [0.1, 0.15) is 6.29 Å². The van der Waals surface area contributed by atoms with Crippen LogP contribution in [0.2, 0.25) is 0 Å². The molecule has 0 N–H and O–H groups in total. The zero-order chi connectivity index (χ0) is 11.5. The van der Waals surface area contributed by atoms with Crippen LogP contribution in [-0.2, 0) is 0 Å². The van der Waals surface area contributed by atoms with Crippen molar-refractivity contribution in [3.8, 4) is 11.1 Å². The molecule has 0 aliphatic rings. The predicted molar refractivity (Wildman–Crippen MR) is 69.7 cm³/mol. The highest BCUT2D eigenvalue weighted by atomic mass is 79.9. The third kappa shape index (κ3) is 2.22. The molecule has 0 spiro atoms. The maximum absolute atomic E-state index is 10.6. The maximum Gasteiger partial charge on any atom is 0.150 e. The van der Waals surface area contributed by atoms with E-state index in [4.69, 9.17) is 0 Å². The van der Waals surface area contributed by atoms with Crippen molar-refractivity contribution >= 4 is 22.2 Å². The van der Waals surface area contributed by atoms with Crippen LogP contribution in [0.3, 0.4) is 0 Å². The van der Waals surface area contributed by atoms with Crippen molar-refractivity contribution in [1.82, 2.24) is 0 Å². The number of benzene rings is 2. The molecule has 0 aliphatic carbocycles. The summed E-state index contributed by atoms with van der Waals surface area (Å²) in [5.41, 5.74) is 4.17. The van der Waals surface area contributed by atoms with Crippen molar-refractivity contribution in [2.45, 2.75) is 6.92 Å². The van der Waals surface area contributed by atoms with E-state index in [1.54, 1.807) is 0 Å². The molecule has 80 valence electrons. The van der Waals surface area contributed by atoms with Crippen molar-refractivity contribution in [1.29, 1.82) is 0 Å². The minimum Gasteiger partial charge on any atom is -0.298 e. The first-order chi connectivity index (χ1) is 7.70. The normalized spacial score (nSPS) is 10.1. The molecular formula is C14H11BrO. The Hall–Kier alpha value is -1.41. The summed E-state index contributed by atoms with van der Waals surface area (Å²) in [6.07, 6.45) is 0.873. The zero-order valence-electron chi connectivity index (χ0n) is 8.91. The molecule has 0 amide bonds. The number of hydrogen-bond donors (Lipinski definition) is 0. The average molecular weight is 275 g/mol. The van der Waals surface area contributed by atoms with Crippen molar-refractivity contribution in [2.24, 2.45) is 0 Å². The van der Waals surface area contributed by atoms with Crippen molar-refractivity contribution in [3.63, 3.8) is 0 Å². The van der Waals surface area contributed by atoms with Crippen LogP contribution in [0.15, 0.2) is 46.9 Å². The van der Waals surface area contributed by atoms with Gasteiger partial charge < -0.3 is 0 Å². The summed E-state index contributed by atoms with van der Waals surface area (Å²) >= 11 is 3.41. The standard InChI is InChI=1S/C14H11BrO/c1-10-8-11(9-16)2-7-14(10)12-3-5-13(15)6-4-12/h2-9H,1H3. The largest absolute Gasteiger partial charge is 0.298 e. The smallest absolute Gasteiger partial charge is 0.150 e. The van der Waals surface area contributed by atoms with Gasteiger partial charge in [-0.05, 0) is 41.8 Å². The molecule has 0 radical (unpaired) electrons. The Bertz CT molecular complexity index is 515. The van der Waals surface area contributed by atoms with Crippen LogP contribution >= 0.6 is 15.9 Å². The lowest BCUT2D eigenvalue weighted by atomic mass is 9.99. The van der Waals surface area contributed by atoms with Crippen LogP contribution in [0, 0.1) is 6.92 Å². The summed E-state index contributed by atoms with van der Waals surface area (Å²) < 4.78 is 1.07. The van der Waals surface area contributed by atoms with Crippen LogP contribution in [0.1, 0.15) is 15.9 Å². The van der Waals surface area contributed by atoms with Crippen LogP contribution in [-0.4, -0.2) is 6.29 Å². The van der Waals surface area contributed by atoms with Gasteiger partial charge in [0.25, 0.3) is 0 Å². The van der Waals surface area contributed by atoms with E-state index in [9.17, 15) is 4.79 Å². The lowest BCUT2D eigenvalue weighted by Gasteiger charge is -2.06. The number of hydrogen-bond acceptors (Lipinski definition) is 1. The highest BCUT2D eigenvalue weighted by molar-refractivity contribution is 9.10. The second kappa shape index (κ2) is 4.62. The van der Waals surface area contributed by atoms with Gasteiger partial charge in [0.2, 0.25) is 0 Å². The molecule has 0 fully saturated rings. The van der Waals surface area contributed by atoms with Crippen LogP contribution in [0.5, 0.6) is 0 Å². The van der Waals surface area contributed by atoms with Gasteiger partial charge in [-0.15, -0.1) is 0 Å². The molecule has 0 bridgehead atoms. The molecule has 0 aliphatic heterocycles. The second-order valence-corrected chi connectivity index (χ2v) is 4.61. The Morgan fingerprint density at radius 3 is 2.31 bits per heavy atom. The van der Waals surface area contributed by atoms with E-state index >= 15 is 0 Å². The number of aryl methyl sites for hydroxylation is 1. The average Bonchev–Trinajstić information content (AvgIpc) is 2.30. The molecule has 2 heteroatoms. The molecule has 0 saturated carbocycles. The second-order valence-electron chi connectivity index (χ2n) is 3.70. The zero-order valence-corrected chi connectivity index (χ0v) is 10.5. The molecule has 16 heavy (non-hydrogen) atoms. The number of halogens is 1. The lowest BCUT2D eigenvalue weighted by Crippen LogP contribution is -1.86. The third-order valence-electron chi connectivity index (χ3n) is 2.54. The molecule has 0 saturated heterocycles. The van der Waals surface area contributed by atoms with Crippen molar-refractivity contribution in [3.05, 3.63) is 58.1 Å². The fraction of sp³-hybridized carbons (Fsp3) is 0.0714. The monoisotopic (exact) mass is 274 g/mol. The summed E-state index contributed by atoms with van der Waals surface area (Å²) in [4.78, 5) is 10.6. The van der Waals surface area contributed by atoms with E-state index in [0.717, 1.165) is 33.0 Å². The Labute approximate surface area is 103 Å². The summed E-state index contributed by atoms with van der Waals surface area (Å²) in [6, 6.07) is 13.9. The number of carbonyl (C=O) groups is 1. The van der Waals surface area contributed by atoms with E-state index < -0.39 is 0 Å². The van der Waals surface area contributed by atoms with Crippen LogP contribution in [0.4, 0.5) is 0 Å². The van der Waals surface area contributed by atoms with Gasteiger partial charge in [-0.25, -0.2) is 0 Å². The molecule has 1 nitrogen and oxygen atoms in total. The van der Waals surface area contributed by atoms with Gasteiger partial charge in [0.15, 0.2) is 0 Å². The molecule has 2 aromatic carbocycles. The third-order valence-corrected chi connectivity index (χ3v) is 3.07. The first-order valence-corrected chi connectivity index (χ1v) is 5.82. The van der Waals surface area contributed by atoms with E-state index in [-0.39, 0.29) is 0 Å². The molecule has 2 rings (SSSR count). The van der Waals surface area contributed by atoms with Crippen molar-refractivity contribution < 1.29 is 4.79 Å². The van der Waals surface area contributed by atoms with E-state index in [1.165, 1.54) is 0 Å². The van der Waals surface area contributed by atoms with Gasteiger partial charge in [0, 0.05) is 10.0 Å². The topological polar surface area (TPSA) is 17.1 Å². The molecule has 0 unspecified atom stereocenters. The van der Waals surface area contributed by atoms with E-state index in [1.807, 2.05) is 37.3 Å². The number of rotatable bonds is 2.